The SMILES string of the molecule is CC(C)(CC(=O)O)NC(=O)c1ccc(Br)c(N)c1. The number of amides is 1. The van der Waals surface area contributed by atoms with Crippen LogP contribution in [0.25, 0.3) is 0 Å². The molecule has 1 rings (SSSR count). The molecule has 0 fully saturated rings. The highest BCUT2D eigenvalue weighted by molar-refractivity contribution is 9.10. The number of carboxylic acid groups (broad SMARTS) is 1. The Morgan fingerprint density at radius 2 is 2.06 bits per heavy atom. The summed E-state index contributed by atoms with van der Waals surface area (Å²) in [5.41, 5.74) is 5.72. The van der Waals surface area contributed by atoms with Crippen LogP contribution in [0.1, 0.15) is 30.6 Å². The summed E-state index contributed by atoms with van der Waals surface area (Å²) in [6.07, 6.45) is -0.148. The molecular formula is C12H15BrN2O3. The number of carboxylic acids is 1. The molecule has 1 amide bonds. The number of carbonyl (C=O) groups is 2. The number of hydrogen-bond acceptors (Lipinski definition) is 3. The molecule has 0 aromatic heterocycles. The van der Waals surface area contributed by atoms with Gasteiger partial charge in [0.1, 0.15) is 0 Å². The molecule has 0 atom stereocenters. The van der Waals surface area contributed by atoms with Crippen molar-refractivity contribution in [3.8, 4) is 0 Å². The lowest BCUT2D eigenvalue weighted by atomic mass is 10.00. The molecule has 0 saturated carbocycles. The van der Waals surface area contributed by atoms with E-state index in [0.717, 1.165) is 0 Å². The van der Waals surface area contributed by atoms with E-state index in [9.17, 15) is 9.59 Å². The van der Waals surface area contributed by atoms with Crippen molar-refractivity contribution in [2.45, 2.75) is 25.8 Å². The van der Waals surface area contributed by atoms with Crippen LogP contribution in [0.3, 0.4) is 0 Å². The van der Waals surface area contributed by atoms with Gasteiger partial charge in [0.05, 0.1) is 6.42 Å². The molecule has 1 aromatic carbocycles. The second-order valence-corrected chi connectivity index (χ2v) is 5.50. The fourth-order valence-electron chi connectivity index (χ4n) is 1.49. The van der Waals surface area contributed by atoms with Gasteiger partial charge in [-0.3, -0.25) is 9.59 Å². The van der Waals surface area contributed by atoms with Crippen molar-refractivity contribution >= 4 is 33.5 Å². The quantitative estimate of drug-likeness (QED) is 0.741. The van der Waals surface area contributed by atoms with E-state index < -0.39 is 11.5 Å². The maximum atomic E-state index is 11.9. The third-order valence-electron chi connectivity index (χ3n) is 2.30. The largest absolute Gasteiger partial charge is 0.481 e. The number of nitrogens with two attached hydrogens (primary N) is 1. The van der Waals surface area contributed by atoms with Gasteiger partial charge in [0.2, 0.25) is 0 Å². The topological polar surface area (TPSA) is 92.4 Å². The van der Waals surface area contributed by atoms with Crippen molar-refractivity contribution in [3.05, 3.63) is 28.2 Å². The van der Waals surface area contributed by atoms with E-state index in [1.807, 2.05) is 0 Å². The Morgan fingerprint density at radius 3 is 2.56 bits per heavy atom. The van der Waals surface area contributed by atoms with E-state index in [2.05, 4.69) is 21.2 Å². The summed E-state index contributed by atoms with van der Waals surface area (Å²) in [5, 5.41) is 11.4. The lowest BCUT2D eigenvalue weighted by molar-refractivity contribution is -0.138. The normalized spacial score (nSPS) is 11.1. The number of anilines is 1. The Balaban J connectivity index is 2.82. The summed E-state index contributed by atoms with van der Waals surface area (Å²) in [5.74, 6) is -1.31. The van der Waals surface area contributed by atoms with Gasteiger partial charge in [0.15, 0.2) is 0 Å². The van der Waals surface area contributed by atoms with Crippen molar-refractivity contribution in [2.75, 3.05) is 5.73 Å². The van der Waals surface area contributed by atoms with Crippen LogP contribution in [0.15, 0.2) is 22.7 Å². The molecule has 1 aromatic rings. The summed E-state index contributed by atoms with van der Waals surface area (Å²) in [6, 6.07) is 4.83. The van der Waals surface area contributed by atoms with Crippen LogP contribution in [0.2, 0.25) is 0 Å². The van der Waals surface area contributed by atoms with E-state index in [1.54, 1.807) is 26.0 Å². The van der Waals surface area contributed by atoms with E-state index in [1.165, 1.54) is 6.07 Å². The molecular weight excluding hydrogens is 300 g/mol. The highest BCUT2D eigenvalue weighted by atomic mass is 79.9. The number of halogens is 1. The maximum absolute atomic E-state index is 11.9. The fourth-order valence-corrected chi connectivity index (χ4v) is 1.73. The average molecular weight is 315 g/mol. The van der Waals surface area contributed by atoms with Gasteiger partial charge in [-0.15, -0.1) is 0 Å². The van der Waals surface area contributed by atoms with Crippen LogP contribution in [0.5, 0.6) is 0 Å². The van der Waals surface area contributed by atoms with Crippen LogP contribution in [0.4, 0.5) is 5.69 Å². The molecule has 4 N–H and O–H groups in total. The minimum Gasteiger partial charge on any atom is -0.481 e. The van der Waals surface area contributed by atoms with Crippen molar-refractivity contribution in [2.24, 2.45) is 0 Å². The standard InChI is InChI=1S/C12H15BrN2O3/c1-12(2,6-10(16)17)15-11(18)7-3-4-8(13)9(14)5-7/h3-5H,6,14H2,1-2H3,(H,15,18)(H,16,17). The van der Waals surface area contributed by atoms with Gasteiger partial charge >= 0.3 is 5.97 Å². The molecule has 5 nitrogen and oxygen atoms in total. The molecule has 0 radical (unpaired) electrons. The molecule has 18 heavy (non-hydrogen) atoms. The first-order chi connectivity index (χ1) is 8.21. The minimum absolute atomic E-state index is 0.148. The molecule has 0 spiro atoms. The summed E-state index contributed by atoms with van der Waals surface area (Å²) < 4.78 is 0.712. The van der Waals surface area contributed by atoms with E-state index in [0.29, 0.717) is 15.7 Å². The fraction of sp³-hybridized carbons (Fsp3) is 0.333. The van der Waals surface area contributed by atoms with Crippen LogP contribution >= 0.6 is 15.9 Å². The number of aliphatic carboxylic acids is 1. The van der Waals surface area contributed by atoms with Crippen LogP contribution in [-0.4, -0.2) is 22.5 Å². The smallest absolute Gasteiger partial charge is 0.305 e. The van der Waals surface area contributed by atoms with Gasteiger partial charge in [-0.1, -0.05) is 0 Å². The van der Waals surface area contributed by atoms with E-state index in [-0.39, 0.29) is 12.3 Å². The molecule has 98 valence electrons. The highest BCUT2D eigenvalue weighted by Gasteiger charge is 2.24. The van der Waals surface area contributed by atoms with Crippen molar-refractivity contribution in [1.29, 1.82) is 0 Å². The number of hydrogen-bond donors (Lipinski definition) is 3. The number of rotatable bonds is 4. The van der Waals surface area contributed by atoms with Gasteiger partial charge in [-0.05, 0) is 48.0 Å². The predicted molar refractivity (Wildman–Crippen MR) is 72.4 cm³/mol. The molecule has 0 unspecified atom stereocenters. The summed E-state index contributed by atoms with van der Waals surface area (Å²) in [4.78, 5) is 22.6. The monoisotopic (exact) mass is 314 g/mol. The summed E-state index contributed by atoms with van der Waals surface area (Å²) in [6.45, 7) is 3.31. The second-order valence-electron chi connectivity index (χ2n) is 4.64. The lowest BCUT2D eigenvalue weighted by Crippen LogP contribution is -2.44. The molecule has 0 heterocycles. The van der Waals surface area contributed by atoms with Gasteiger partial charge in [-0.25, -0.2) is 0 Å². The summed E-state index contributed by atoms with van der Waals surface area (Å²) in [7, 11) is 0. The lowest BCUT2D eigenvalue weighted by Gasteiger charge is -2.24. The van der Waals surface area contributed by atoms with Crippen LogP contribution < -0.4 is 11.1 Å². The molecule has 0 saturated heterocycles. The first-order valence-electron chi connectivity index (χ1n) is 5.30. The van der Waals surface area contributed by atoms with Crippen molar-refractivity contribution in [1.82, 2.24) is 5.32 Å². The van der Waals surface area contributed by atoms with Gasteiger partial charge in [-0.2, -0.15) is 0 Å². The highest BCUT2D eigenvalue weighted by Crippen LogP contribution is 2.20. The Kier molecular flexibility index (Phi) is 4.34. The Hall–Kier alpha value is -1.56. The van der Waals surface area contributed by atoms with Gasteiger partial charge in [0, 0.05) is 21.3 Å². The molecule has 0 bridgehead atoms. The van der Waals surface area contributed by atoms with Gasteiger partial charge < -0.3 is 16.2 Å². The Bertz CT molecular complexity index is 486. The number of carbonyl (C=O) groups excluding carboxylic acids is 1. The molecule has 0 aliphatic carbocycles. The third-order valence-corrected chi connectivity index (χ3v) is 3.03. The first-order valence-corrected chi connectivity index (χ1v) is 6.10. The zero-order valence-electron chi connectivity index (χ0n) is 10.2. The first kappa shape index (κ1) is 14.5. The third kappa shape index (κ3) is 4.03. The van der Waals surface area contributed by atoms with Crippen molar-refractivity contribution < 1.29 is 14.7 Å². The molecule has 6 heteroatoms. The number of nitrogen functional groups attached to an aromatic ring is 1. The Morgan fingerprint density at radius 1 is 1.44 bits per heavy atom. The Labute approximate surface area is 113 Å². The zero-order chi connectivity index (χ0) is 13.9. The summed E-state index contributed by atoms with van der Waals surface area (Å²) >= 11 is 3.24. The zero-order valence-corrected chi connectivity index (χ0v) is 11.7. The average Bonchev–Trinajstić information content (AvgIpc) is 2.19. The number of benzene rings is 1. The van der Waals surface area contributed by atoms with E-state index in [4.69, 9.17) is 10.8 Å². The maximum Gasteiger partial charge on any atom is 0.305 e. The van der Waals surface area contributed by atoms with Crippen molar-refractivity contribution in [3.63, 3.8) is 0 Å². The van der Waals surface area contributed by atoms with Crippen LogP contribution in [-0.2, 0) is 4.79 Å². The minimum atomic E-state index is -0.962. The second kappa shape index (κ2) is 5.39. The molecule has 0 aliphatic heterocycles. The van der Waals surface area contributed by atoms with Crippen LogP contribution in [0, 0.1) is 0 Å². The van der Waals surface area contributed by atoms with E-state index >= 15 is 0 Å². The number of nitrogens with one attached hydrogen (secondary N) is 1. The predicted octanol–water partition coefficient (Wildman–Crippen LogP) is 2.01. The molecule has 0 aliphatic rings. The van der Waals surface area contributed by atoms with Gasteiger partial charge in [0.25, 0.3) is 5.91 Å².